The van der Waals surface area contributed by atoms with Gasteiger partial charge in [0.25, 0.3) is 0 Å². The largest absolute Gasteiger partial charge is 0.381 e. The first-order chi connectivity index (χ1) is 18.5. The van der Waals surface area contributed by atoms with Gasteiger partial charge in [0.15, 0.2) is 5.01 Å². The fourth-order valence-corrected chi connectivity index (χ4v) is 7.32. The van der Waals surface area contributed by atoms with Crippen molar-refractivity contribution in [1.29, 1.82) is 5.26 Å². The Morgan fingerprint density at radius 3 is 2.76 bits per heavy atom. The number of nitrogens with one attached hydrogen (secondary N) is 2. The van der Waals surface area contributed by atoms with Crippen molar-refractivity contribution < 1.29 is 9.53 Å². The molecular weight excluding hydrogens is 500 g/mol. The first kappa shape index (κ1) is 23.3. The quantitative estimate of drug-likeness (QED) is 0.389. The van der Waals surface area contributed by atoms with Crippen molar-refractivity contribution in [3.8, 4) is 28.0 Å². The third-order valence-corrected chi connectivity index (χ3v) is 9.16. The number of hydrogen-bond acceptors (Lipinski definition) is 9. The van der Waals surface area contributed by atoms with Gasteiger partial charge in [-0.25, -0.2) is 4.52 Å². The van der Waals surface area contributed by atoms with Crippen molar-refractivity contribution in [2.45, 2.75) is 56.0 Å². The summed E-state index contributed by atoms with van der Waals surface area (Å²) in [5.74, 6) is 0.0303. The van der Waals surface area contributed by atoms with Crippen LogP contribution in [-0.4, -0.2) is 55.5 Å². The van der Waals surface area contributed by atoms with Crippen LogP contribution in [0.1, 0.15) is 49.6 Å². The molecule has 1 amide bonds. The zero-order valence-corrected chi connectivity index (χ0v) is 21.7. The number of carbonyl (C=O) groups excluding carboxylic acids is 1. The SMILES string of the molecule is CC(=O)NC12CC(c3nnc(-c4cnc(-c5ccc6cc(C#N)cnn56)cc4NC4CCOCC4)s3)(C1)C2. The van der Waals surface area contributed by atoms with Gasteiger partial charge in [-0.3, -0.25) is 9.78 Å². The van der Waals surface area contributed by atoms with E-state index in [1.165, 1.54) is 0 Å². The minimum atomic E-state index is -0.0430. The van der Waals surface area contributed by atoms with Gasteiger partial charge in [0.05, 0.1) is 34.2 Å². The van der Waals surface area contributed by atoms with Gasteiger partial charge < -0.3 is 15.4 Å². The smallest absolute Gasteiger partial charge is 0.217 e. The molecule has 1 aliphatic heterocycles. The minimum Gasteiger partial charge on any atom is -0.381 e. The number of carbonyl (C=O) groups is 1. The van der Waals surface area contributed by atoms with Crippen LogP contribution in [0.2, 0.25) is 0 Å². The molecule has 2 N–H and O–H groups in total. The van der Waals surface area contributed by atoms with Gasteiger partial charge in [-0.2, -0.15) is 10.4 Å². The first-order valence-electron chi connectivity index (χ1n) is 12.8. The predicted molar refractivity (Wildman–Crippen MR) is 142 cm³/mol. The van der Waals surface area contributed by atoms with E-state index in [9.17, 15) is 10.1 Å². The number of aromatic nitrogens is 5. The van der Waals surface area contributed by atoms with Gasteiger partial charge >= 0.3 is 0 Å². The van der Waals surface area contributed by atoms with E-state index in [2.05, 4.69) is 38.1 Å². The van der Waals surface area contributed by atoms with Gasteiger partial charge in [-0.05, 0) is 56.4 Å². The average Bonchev–Trinajstić information content (AvgIpc) is 3.53. The molecule has 10 nitrogen and oxygen atoms in total. The number of pyridine rings is 1. The molecule has 4 aromatic rings. The molecule has 3 aliphatic carbocycles. The first-order valence-corrected chi connectivity index (χ1v) is 13.6. The van der Waals surface area contributed by atoms with E-state index in [-0.39, 0.29) is 16.9 Å². The standard InChI is InChI=1S/C27H26N8O2S/c1-16(36)32-27-13-26(14-27,15-27)25-34-33-24(38-25)20-12-29-22(9-21(20)31-18-4-6-37-7-5-18)23-3-2-19-8-17(10-28)11-30-35(19)23/h2-3,8-9,11-12,18H,4-7,13-15H2,1H3,(H,29,31)(H,32,36). The molecule has 0 aromatic carbocycles. The summed E-state index contributed by atoms with van der Waals surface area (Å²) in [6, 6.07) is 10.2. The van der Waals surface area contributed by atoms with E-state index in [0.717, 1.165) is 83.5 Å². The number of amides is 1. The topological polar surface area (TPSA) is 130 Å². The Hall–Kier alpha value is -3.88. The van der Waals surface area contributed by atoms with Gasteiger partial charge in [-0.1, -0.05) is 11.3 Å². The highest BCUT2D eigenvalue weighted by Gasteiger charge is 2.70. The Morgan fingerprint density at radius 1 is 1.18 bits per heavy atom. The molecule has 2 bridgehead atoms. The molecule has 0 unspecified atom stereocenters. The molecule has 3 saturated carbocycles. The average molecular weight is 527 g/mol. The van der Waals surface area contributed by atoms with Crippen molar-refractivity contribution in [1.82, 2.24) is 30.1 Å². The number of nitrogens with zero attached hydrogens (tertiary/aromatic N) is 6. The van der Waals surface area contributed by atoms with Crippen molar-refractivity contribution >= 4 is 28.4 Å². The van der Waals surface area contributed by atoms with Gasteiger partial charge in [0.2, 0.25) is 5.91 Å². The summed E-state index contributed by atoms with van der Waals surface area (Å²) in [4.78, 5) is 16.3. The number of ether oxygens (including phenoxy) is 1. The van der Waals surface area contributed by atoms with Crippen LogP contribution in [0.4, 0.5) is 5.69 Å². The molecular formula is C27H26N8O2S. The van der Waals surface area contributed by atoms with Crippen LogP contribution in [0.5, 0.6) is 0 Å². The van der Waals surface area contributed by atoms with Crippen LogP contribution in [0.15, 0.2) is 36.7 Å². The highest BCUT2D eigenvalue weighted by atomic mass is 32.1. The second-order valence-electron chi connectivity index (χ2n) is 10.7. The zero-order valence-electron chi connectivity index (χ0n) is 20.9. The maximum absolute atomic E-state index is 11.5. The molecule has 11 heteroatoms. The molecule has 4 fully saturated rings. The molecule has 1 saturated heterocycles. The predicted octanol–water partition coefficient (Wildman–Crippen LogP) is 3.69. The Morgan fingerprint density at radius 2 is 2.00 bits per heavy atom. The Balaban J connectivity index is 1.22. The fourth-order valence-electron chi connectivity index (χ4n) is 6.27. The van der Waals surface area contributed by atoms with Crippen LogP contribution in [0.3, 0.4) is 0 Å². The molecule has 4 aromatic heterocycles. The van der Waals surface area contributed by atoms with Crippen molar-refractivity contribution in [2.75, 3.05) is 18.5 Å². The summed E-state index contributed by atoms with van der Waals surface area (Å²) >= 11 is 1.62. The summed E-state index contributed by atoms with van der Waals surface area (Å²) in [5, 5.41) is 31.6. The number of fused-ring (bicyclic) bond motifs is 1. The van der Waals surface area contributed by atoms with Crippen LogP contribution in [0, 0.1) is 11.3 Å². The second-order valence-corrected chi connectivity index (χ2v) is 11.7. The Kier molecular flexibility index (Phi) is 5.25. The molecule has 4 aliphatic rings. The highest BCUT2D eigenvalue weighted by molar-refractivity contribution is 7.14. The van der Waals surface area contributed by atoms with E-state index in [0.29, 0.717) is 11.6 Å². The normalized spacial score (nSPS) is 24.3. The lowest BCUT2D eigenvalue weighted by atomic mass is 9.39. The molecule has 0 spiro atoms. The van der Waals surface area contributed by atoms with E-state index in [1.54, 1.807) is 29.0 Å². The van der Waals surface area contributed by atoms with Crippen molar-refractivity contribution in [3.63, 3.8) is 0 Å². The van der Waals surface area contributed by atoms with Gasteiger partial charge in [0, 0.05) is 49.0 Å². The lowest BCUT2D eigenvalue weighted by Gasteiger charge is -2.69. The van der Waals surface area contributed by atoms with E-state index >= 15 is 0 Å². The molecule has 38 heavy (non-hydrogen) atoms. The lowest BCUT2D eigenvalue weighted by Crippen LogP contribution is -2.76. The summed E-state index contributed by atoms with van der Waals surface area (Å²) < 4.78 is 7.37. The van der Waals surface area contributed by atoms with E-state index in [1.807, 2.05) is 24.4 Å². The van der Waals surface area contributed by atoms with Crippen LogP contribution >= 0.6 is 11.3 Å². The minimum absolute atomic E-state index is 0.0303. The van der Waals surface area contributed by atoms with Crippen molar-refractivity contribution in [3.05, 3.63) is 47.2 Å². The van der Waals surface area contributed by atoms with Crippen LogP contribution < -0.4 is 10.6 Å². The highest BCUT2D eigenvalue weighted by Crippen LogP contribution is 2.68. The Bertz CT molecular complexity index is 1590. The van der Waals surface area contributed by atoms with E-state index < -0.39 is 0 Å². The summed E-state index contributed by atoms with van der Waals surface area (Å²) in [6.45, 7) is 3.05. The summed E-state index contributed by atoms with van der Waals surface area (Å²) in [5.41, 5.74) is 4.87. The Labute approximate surface area is 223 Å². The third-order valence-electron chi connectivity index (χ3n) is 7.96. The van der Waals surface area contributed by atoms with Crippen LogP contribution in [0.25, 0.3) is 27.5 Å². The molecule has 0 atom stereocenters. The molecule has 192 valence electrons. The van der Waals surface area contributed by atoms with Crippen LogP contribution in [-0.2, 0) is 14.9 Å². The van der Waals surface area contributed by atoms with Crippen molar-refractivity contribution in [2.24, 2.45) is 0 Å². The molecule has 5 heterocycles. The van der Waals surface area contributed by atoms with Gasteiger partial charge in [0.1, 0.15) is 11.1 Å². The second kappa shape index (κ2) is 8.58. The number of rotatable bonds is 6. The maximum Gasteiger partial charge on any atom is 0.217 e. The summed E-state index contributed by atoms with van der Waals surface area (Å²) in [7, 11) is 0. The number of hydrogen-bond donors (Lipinski definition) is 2. The molecule has 0 radical (unpaired) electrons. The molecule has 8 rings (SSSR count). The summed E-state index contributed by atoms with van der Waals surface area (Å²) in [6.07, 6.45) is 8.08. The maximum atomic E-state index is 11.5. The van der Waals surface area contributed by atoms with Gasteiger partial charge in [-0.15, -0.1) is 10.2 Å². The third kappa shape index (κ3) is 3.75. The van der Waals surface area contributed by atoms with E-state index in [4.69, 9.17) is 9.72 Å². The number of nitriles is 1. The fraction of sp³-hybridized carbons (Fsp3) is 0.407. The lowest BCUT2D eigenvalue weighted by molar-refractivity contribution is -0.136. The zero-order chi connectivity index (χ0) is 25.9. The number of anilines is 1. The monoisotopic (exact) mass is 526 g/mol.